The fourth-order valence-electron chi connectivity index (χ4n) is 4.51. The summed E-state index contributed by atoms with van der Waals surface area (Å²) < 4.78 is 35.0. The zero-order valence-electron chi connectivity index (χ0n) is 21.1. The molecule has 1 saturated heterocycles. The van der Waals surface area contributed by atoms with Crippen LogP contribution >= 0.6 is 0 Å². The van der Waals surface area contributed by atoms with E-state index in [1.54, 1.807) is 34.9 Å². The van der Waals surface area contributed by atoms with Crippen LogP contribution in [-0.4, -0.2) is 79.0 Å². The highest BCUT2D eigenvalue weighted by molar-refractivity contribution is 5.94. The van der Waals surface area contributed by atoms with Gasteiger partial charge in [-0.15, -0.1) is 0 Å². The average Bonchev–Trinajstić information content (AvgIpc) is 3.19. The molecule has 0 unspecified atom stereocenters. The second kappa shape index (κ2) is 11.6. The Morgan fingerprint density at radius 2 is 1.75 bits per heavy atom. The van der Waals surface area contributed by atoms with Crippen molar-refractivity contribution in [2.75, 3.05) is 58.4 Å². The highest BCUT2D eigenvalue weighted by Gasteiger charge is 2.27. The van der Waals surface area contributed by atoms with E-state index in [9.17, 15) is 13.6 Å². The Labute approximate surface area is 210 Å². The number of hydrogen-bond donors (Lipinski definition) is 0. The van der Waals surface area contributed by atoms with E-state index in [1.807, 2.05) is 13.0 Å². The first kappa shape index (κ1) is 25.8. The number of hydrogen-bond acceptors (Lipinski definition) is 5. The van der Waals surface area contributed by atoms with E-state index in [0.717, 1.165) is 43.3 Å². The minimum absolute atomic E-state index is 0.257. The van der Waals surface area contributed by atoms with Crippen molar-refractivity contribution < 1.29 is 18.3 Å². The minimum atomic E-state index is -0.453. The molecule has 0 N–H and O–H groups in total. The van der Waals surface area contributed by atoms with Crippen LogP contribution in [0.15, 0.2) is 48.5 Å². The molecule has 9 heteroatoms. The molecule has 36 heavy (non-hydrogen) atoms. The summed E-state index contributed by atoms with van der Waals surface area (Å²) in [6, 6.07) is 12.1. The number of nitrogens with zero attached hydrogens (tertiary/aromatic N) is 5. The predicted octanol–water partition coefficient (Wildman–Crippen LogP) is 3.89. The Morgan fingerprint density at radius 3 is 2.42 bits per heavy atom. The minimum Gasteiger partial charge on any atom is -0.385 e. The number of piperazine rings is 1. The third-order valence-corrected chi connectivity index (χ3v) is 6.50. The summed E-state index contributed by atoms with van der Waals surface area (Å²) in [5, 5.41) is 4.78. The largest absolute Gasteiger partial charge is 0.385 e. The van der Waals surface area contributed by atoms with Crippen molar-refractivity contribution in [1.82, 2.24) is 19.6 Å². The molecule has 2 aromatic carbocycles. The quantitative estimate of drug-likeness (QED) is 0.420. The highest BCUT2D eigenvalue weighted by Crippen LogP contribution is 2.30. The lowest BCUT2D eigenvalue weighted by Crippen LogP contribution is -2.45. The summed E-state index contributed by atoms with van der Waals surface area (Å²) in [6.07, 6.45) is 0.637. The average molecular weight is 498 g/mol. The van der Waals surface area contributed by atoms with Crippen LogP contribution in [0.5, 0.6) is 0 Å². The maximum atomic E-state index is 14.1. The van der Waals surface area contributed by atoms with E-state index in [0.29, 0.717) is 37.4 Å². The molecule has 0 spiro atoms. The van der Waals surface area contributed by atoms with Crippen molar-refractivity contribution >= 4 is 11.7 Å². The van der Waals surface area contributed by atoms with Crippen LogP contribution in [0.3, 0.4) is 0 Å². The van der Waals surface area contributed by atoms with Crippen LogP contribution in [0.4, 0.5) is 14.6 Å². The van der Waals surface area contributed by atoms with Crippen LogP contribution in [0.1, 0.15) is 28.0 Å². The predicted molar refractivity (Wildman–Crippen MR) is 136 cm³/mol. The fourth-order valence-corrected chi connectivity index (χ4v) is 4.51. The zero-order valence-corrected chi connectivity index (χ0v) is 21.1. The molecular weight excluding hydrogens is 464 g/mol. The number of benzene rings is 2. The van der Waals surface area contributed by atoms with Gasteiger partial charge in [0, 0.05) is 57.6 Å². The molecule has 1 aliphatic heterocycles. The van der Waals surface area contributed by atoms with Crippen molar-refractivity contribution in [3.8, 4) is 5.69 Å². The van der Waals surface area contributed by atoms with Crippen molar-refractivity contribution in [2.45, 2.75) is 19.9 Å². The van der Waals surface area contributed by atoms with Gasteiger partial charge in [0.1, 0.15) is 17.5 Å². The molecule has 7 nitrogen and oxygen atoms in total. The van der Waals surface area contributed by atoms with Crippen molar-refractivity contribution in [2.24, 2.45) is 0 Å². The fraction of sp³-hybridized carbons (Fsp3) is 0.407. The number of aromatic nitrogens is 2. The second-order valence-corrected chi connectivity index (χ2v) is 9.15. The van der Waals surface area contributed by atoms with E-state index < -0.39 is 5.82 Å². The lowest BCUT2D eigenvalue weighted by atomic mass is 10.1. The van der Waals surface area contributed by atoms with E-state index in [1.165, 1.54) is 24.3 Å². The number of methoxy groups -OCH3 is 1. The van der Waals surface area contributed by atoms with E-state index in [-0.39, 0.29) is 11.7 Å². The number of halogens is 2. The Bertz CT molecular complexity index is 1190. The molecule has 0 bridgehead atoms. The number of carbonyl (C=O) groups excluding carboxylic acids is 1. The molecule has 192 valence electrons. The van der Waals surface area contributed by atoms with Crippen molar-refractivity contribution in [1.29, 1.82) is 0 Å². The molecule has 1 aromatic heterocycles. The number of amides is 1. The van der Waals surface area contributed by atoms with Gasteiger partial charge >= 0.3 is 0 Å². The molecule has 1 amide bonds. The number of rotatable bonds is 9. The van der Waals surface area contributed by atoms with Crippen LogP contribution in [0, 0.1) is 18.6 Å². The maximum absolute atomic E-state index is 14.1. The molecule has 2 heterocycles. The standard InChI is InChI=1S/C27H33F2N5O2/c1-20-25(19-33(11-6-16-36-3)27(35)21-7-4-8-22(28)17-21)26(32-14-12-31(2)13-15-32)34(30-20)24-10-5-9-23(29)18-24/h4-5,7-10,17-18H,6,11-16,19H2,1-3H3. The van der Waals surface area contributed by atoms with Crippen molar-refractivity contribution in [3.63, 3.8) is 0 Å². The summed E-state index contributed by atoms with van der Waals surface area (Å²) in [6.45, 7) is 6.47. The highest BCUT2D eigenvalue weighted by atomic mass is 19.1. The molecule has 4 rings (SSSR count). The zero-order chi connectivity index (χ0) is 25.7. The van der Waals surface area contributed by atoms with E-state index in [4.69, 9.17) is 9.84 Å². The number of likely N-dealkylation sites (N-methyl/N-ethyl adjacent to an activating group) is 1. The SMILES string of the molecule is COCCCN(Cc1c(C)nn(-c2cccc(F)c2)c1N1CCN(C)CC1)C(=O)c1cccc(F)c1. The van der Waals surface area contributed by atoms with Gasteiger partial charge in [0.05, 0.1) is 17.9 Å². The summed E-state index contributed by atoms with van der Waals surface area (Å²) in [7, 11) is 3.71. The van der Waals surface area contributed by atoms with Gasteiger partial charge in [-0.1, -0.05) is 12.1 Å². The lowest BCUT2D eigenvalue weighted by Gasteiger charge is -2.35. The Kier molecular flexibility index (Phi) is 8.32. The molecule has 1 fully saturated rings. The van der Waals surface area contributed by atoms with Crippen LogP contribution < -0.4 is 4.90 Å². The summed E-state index contributed by atoms with van der Waals surface area (Å²) in [4.78, 5) is 19.7. The van der Waals surface area contributed by atoms with Gasteiger partial charge in [-0.05, 0) is 56.8 Å². The summed E-state index contributed by atoms with van der Waals surface area (Å²) >= 11 is 0. The van der Waals surface area contributed by atoms with Gasteiger partial charge in [-0.2, -0.15) is 5.10 Å². The van der Waals surface area contributed by atoms with Crippen LogP contribution in [0.25, 0.3) is 5.69 Å². The molecule has 3 aromatic rings. The Hall–Kier alpha value is -3.30. The monoisotopic (exact) mass is 497 g/mol. The third-order valence-electron chi connectivity index (χ3n) is 6.50. The van der Waals surface area contributed by atoms with Gasteiger partial charge in [0.15, 0.2) is 0 Å². The van der Waals surface area contributed by atoms with E-state index >= 15 is 0 Å². The number of ether oxygens (including phenoxy) is 1. The van der Waals surface area contributed by atoms with Crippen LogP contribution in [0.2, 0.25) is 0 Å². The Morgan fingerprint density at radius 1 is 1.06 bits per heavy atom. The van der Waals surface area contributed by atoms with Crippen molar-refractivity contribution in [3.05, 3.63) is 77.0 Å². The number of aryl methyl sites for hydroxylation is 1. The maximum Gasteiger partial charge on any atom is 0.254 e. The third kappa shape index (κ3) is 5.91. The van der Waals surface area contributed by atoms with Gasteiger partial charge < -0.3 is 19.4 Å². The lowest BCUT2D eigenvalue weighted by molar-refractivity contribution is 0.0723. The van der Waals surface area contributed by atoms with Gasteiger partial charge in [0.25, 0.3) is 5.91 Å². The summed E-state index contributed by atoms with van der Waals surface area (Å²) in [5.74, 6) is -0.192. The normalized spacial score (nSPS) is 14.3. The van der Waals surface area contributed by atoms with Crippen LogP contribution in [-0.2, 0) is 11.3 Å². The smallest absolute Gasteiger partial charge is 0.254 e. The first-order valence-corrected chi connectivity index (χ1v) is 12.2. The van der Waals surface area contributed by atoms with Gasteiger partial charge in [-0.25, -0.2) is 13.5 Å². The van der Waals surface area contributed by atoms with Gasteiger partial charge in [-0.3, -0.25) is 4.79 Å². The number of carbonyl (C=O) groups is 1. The van der Waals surface area contributed by atoms with E-state index in [2.05, 4.69) is 16.8 Å². The molecule has 0 aliphatic carbocycles. The molecule has 0 saturated carbocycles. The Balaban J connectivity index is 1.74. The second-order valence-electron chi connectivity index (χ2n) is 9.15. The molecule has 0 radical (unpaired) electrons. The molecular formula is C27H33F2N5O2. The topological polar surface area (TPSA) is 53.8 Å². The molecule has 1 aliphatic rings. The number of anilines is 1. The first-order chi connectivity index (χ1) is 17.4. The van der Waals surface area contributed by atoms with Gasteiger partial charge in [0.2, 0.25) is 0 Å². The first-order valence-electron chi connectivity index (χ1n) is 12.2. The molecule has 0 atom stereocenters. The summed E-state index contributed by atoms with van der Waals surface area (Å²) in [5.41, 5.74) is 2.58.